The zero-order chi connectivity index (χ0) is 17.9. The summed E-state index contributed by atoms with van der Waals surface area (Å²) in [5.41, 5.74) is 2.31. The van der Waals surface area contributed by atoms with E-state index < -0.39 is 0 Å². The van der Waals surface area contributed by atoms with Crippen molar-refractivity contribution in [3.05, 3.63) is 66.0 Å². The molecule has 26 heavy (non-hydrogen) atoms. The topological polar surface area (TPSA) is 52.5 Å². The quantitative estimate of drug-likeness (QED) is 0.355. The van der Waals surface area contributed by atoms with Gasteiger partial charge in [-0.15, -0.1) is 24.0 Å². The van der Waals surface area contributed by atoms with Crippen LogP contribution in [0.2, 0.25) is 0 Å². The van der Waals surface area contributed by atoms with E-state index in [1.165, 1.54) is 5.56 Å². The van der Waals surface area contributed by atoms with Crippen LogP contribution < -0.4 is 10.6 Å². The largest absolute Gasteiger partial charge is 0.354 e. The van der Waals surface area contributed by atoms with Gasteiger partial charge in [0.1, 0.15) is 0 Å². The first-order chi connectivity index (χ1) is 12.3. The number of aromatic nitrogens is 1. The molecule has 1 atom stereocenters. The van der Waals surface area contributed by atoms with Gasteiger partial charge >= 0.3 is 0 Å². The Morgan fingerprint density at radius 1 is 1.04 bits per heavy atom. The van der Waals surface area contributed by atoms with Gasteiger partial charge in [0.2, 0.25) is 0 Å². The molecule has 0 spiro atoms. The zero-order valence-electron chi connectivity index (χ0n) is 15.9. The van der Waals surface area contributed by atoms with Crippen LogP contribution in [-0.4, -0.2) is 42.5 Å². The Labute approximate surface area is 174 Å². The smallest absolute Gasteiger partial charge is 0.191 e. The molecule has 0 aliphatic carbocycles. The van der Waals surface area contributed by atoms with Gasteiger partial charge in [-0.05, 0) is 30.8 Å². The van der Waals surface area contributed by atoms with Crippen LogP contribution in [-0.2, 0) is 6.54 Å². The molecule has 1 aromatic carbocycles. The van der Waals surface area contributed by atoms with E-state index in [9.17, 15) is 0 Å². The van der Waals surface area contributed by atoms with Crippen LogP contribution in [0.15, 0.2) is 59.7 Å². The Bertz CT molecular complexity index is 629. The molecular weight excluding hydrogens is 437 g/mol. The molecule has 1 unspecified atom stereocenters. The summed E-state index contributed by atoms with van der Waals surface area (Å²) in [6.07, 6.45) is 1.80. The monoisotopic (exact) mass is 467 g/mol. The summed E-state index contributed by atoms with van der Waals surface area (Å²) in [7, 11) is 1.79. The molecular formula is C20H30IN5. The van der Waals surface area contributed by atoms with Crippen molar-refractivity contribution in [1.82, 2.24) is 20.5 Å². The van der Waals surface area contributed by atoms with Crippen LogP contribution >= 0.6 is 24.0 Å². The van der Waals surface area contributed by atoms with Crippen molar-refractivity contribution in [2.24, 2.45) is 4.99 Å². The summed E-state index contributed by atoms with van der Waals surface area (Å²) in [5.74, 6) is 0.791. The molecule has 0 radical (unpaired) electrons. The second-order valence-electron chi connectivity index (χ2n) is 5.78. The maximum Gasteiger partial charge on any atom is 0.191 e. The van der Waals surface area contributed by atoms with Gasteiger partial charge in [-0.3, -0.25) is 14.9 Å². The van der Waals surface area contributed by atoms with Gasteiger partial charge in [-0.25, -0.2) is 0 Å². The fraction of sp³-hybridized carbons (Fsp3) is 0.400. The van der Waals surface area contributed by atoms with Crippen molar-refractivity contribution in [3.63, 3.8) is 0 Å². The molecule has 0 bridgehead atoms. The fourth-order valence-corrected chi connectivity index (χ4v) is 2.89. The van der Waals surface area contributed by atoms with Crippen molar-refractivity contribution in [2.45, 2.75) is 26.4 Å². The van der Waals surface area contributed by atoms with E-state index in [0.717, 1.165) is 31.3 Å². The van der Waals surface area contributed by atoms with E-state index in [-0.39, 0.29) is 24.0 Å². The van der Waals surface area contributed by atoms with Crippen molar-refractivity contribution >= 4 is 29.9 Å². The Hall–Kier alpha value is -1.67. The number of halogens is 1. The first-order valence-electron chi connectivity index (χ1n) is 8.91. The molecule has 2 aromatic rings. The second kappa shape index (κ2) is 12.6. The number of rotatable bonds is 8. The third-order valence-electron chi connectivity index (χ3n) is 4.29. The number of pyridine rings is 1. The van der Waals surface area contributed by atoms with Crippen LogP contribution in [0.4, 0.5) is 0 Å². The average Bonchev–Trinajstić information content (AvgIpc) is 2.68. The van der Waals surface area contributed by atoms with Gasteiger partial charge in [0, 0.05) is 19.8 Å². The van der Waals surface area contributed by atoms with Gasteiger partial charge in [-0.2, -0.15) is 0 Å². The van der Waals surface area contributed by atoms with E-state index in [4.69, 9.17) is 0 Å². The summed E-state index contributed by atoms with van der Waals surface area (Å²) in [5, 5.41) is 6.78. The maximum absolute atomic E-state index is 4.33. The van der Waals surface area contributed by atoms with Gasteiger partial charge in [0.25, 0.3) is 0 Å². The minimum atomic E-state index is 0. The summed E-state index contributed by atoms with van der Waals surface area (Å²) >= 11 is 0. The van der Waals surface area contributed by atoms with Crippen LogP contribution in [0.25, 0.3) is 0 Å². The van der Waals surface area contributed by atoms with Gasteiger partial charge in [-0.1, -0.05) is 50.2 Å². The number of guanidine groups is 1. The van der Waals surface area contributed by atoms with Crippen LogP contribution in [0.5, 0.6) is 0 Å². The summed E-state index contributed by atoms with van der Waals surface area (Å²) in [6, 6.07) is 16.9. The number of hydrogen-bond acceptors (Lipinski definition) is 3. The van der Waals surface area contributed by atoms with Gasteiger partial charge < -0.3 is 10.6 Å². The van der Waals surface area contributed by atoms with Crippen LogP contribution in [0.3, 0.4) is 0 Å². The Kier molecular flexibility index (Phi) is 10.9. The molecule has 0 aliphatic heterocycles. The lowest BCUT2D eigenvalue weighted by Crippen LogP contribution is -2.43. The molecule has 1 heterocycles. The van der Waals surface area contributed by atoms with Gasteiger partial charge in [0.15, 0.2) is 5.96 Å². The number of likely N-dealkylation sites (N-methyl/N-ethyl adjacent to an activating group) is 1. The predicted molar refractivity (Wildman–Crippen MR) is 120 cm³/mol. The number of nitrogens with zero attached hydrogens (tertiary/aromatic N) is 3. The SMILES string of the molecule is CCN(CC)C(CNC(=NC)NCc1ccccn1)c1ccccc1.I. The van der Waals surface area contributed by atoms with E-state index >= 15 is 0 Å². The summed E-state index contributed by atoms with van der Waals surface area (Å²) in [4.78, 5) is 11.1. The molecule has 1 aromatic heterocycles. The number of benzene rings is 1. The predicted octanol–water partition coefficient (Wildman–Crippen LogP) is 3.45. The molecule has 0 amide bonds. The minimum Gasteiger partial charge on any atom is -0.354 e. The van der Waals surface area contributed by atoms with Crippen molar-refractivity contribution in [2.75, 3.05) is 26.7 Å². The number of hydrogen-bond donors (Lipinski definition) is 2. The molecule has 0 fully saturated rings. The van der Waals surface area contributed by atoms with Gasteiger partial charge in [0.05, 0.1) is 18.3 Å². The lowest BCUT2D eigenvalue weighted by Gasteiger charge is -2.30. The van der Waals surface area contributed by atoms with E-state index in [2.05, 4.69) is 69.7 Å². The normalized spacial score (nSPS) is 12.4. The second-order valence-corrected chi connectivity index (χ2v) is 5.78. The fourth-order valence-electron chi connectivity index (χ4n) is 2.89. The molecule has 2 rings (SSSR count). The van der Waals surface area contributed by atoms with Crippen molar-refractivity contribution in [3.8, 4) is 0 Å². The standard InChI is InChI=1S/C20H29N5.HI/c1-4-25(5-2)19(17-11-7-6-8-12-17)16-24-20(21-3)23-15-18-13-9-10-14-22-18;/h6-14,19H,4-5,15-16H2,1-3H3,(H2,21,23,24);1H. The molecule has 0 saturated heterocycles. The number of aliphatic imine (C=N–C) groups is 1. The highest BCUT2D eigenvalue weighted by molar-refractivity contribution is 14.0. The summed E-state index contributed by atoms with van der Waals surface area (Å²) < 4.78 is 0. The summed E-state index contributed by atoms with van der Waals surface area (Å²) in [6.45, 7) is 7.88. The van der Waals surface area contributed by atoms with Crippen molar-refractivity contribution < 1.29 is 0 Å². The molecule has 0 saturated carbocycles. The van der Waals surface area contributed by atoms with E-state index in [0.29, 0.717) is 12.6 Å². The minimum absolute atomic E-state index is 0. The maximum atomic E-state index is 4.33. The highest BCUT2D eigenvalue weighted by atomic mass is 127. The molecule has 142 valence electrons. The van der Waals surface area contributed by atoms with E-state index in [1.807, 2.05) is 18.2 Å². The lowest BCUT2D eigenvalue weighted by molar-refractivity contribution is 0.219. The van der Waals surface area contributed by atoms with Crippen LogP contribution in [0, 0.1) is 0 Å². The average molecular weight is 467 g/mol. The highest BCUT2D eigenvalue weighted by Gasteiger charge is 2.18. The molecule has 2 N–H and O–H groups in total. The Morgan fingerprint density at radius 2 is 1.73 bits per heavy atom. The Balaban J connectivity index is 0.00000338. The highest BCUT2D eigenvalue weighted by Crippen LogP contribution is 2.19. The first-order valence-corrected chi connectivity index (χ1v) is 8.91. The Morgan fingerprint density at radius 3 is 2.31 bits per heavy atom. The third kappa shape index (κ3) is 6.92. The molecule has 0 aliphatic rings. The van der Waals surface area contributed by atoms with Crippen molar-refractivity contribution in [1.29, 1.82) is 0 Å². The zero-order valence-corrected chi connectivity index (χ0v) is 18.2. The first kappa shape index (κ1) is 22.4. The lowest BCUT2D eigenvalue weighted by atomic mass is 10.1. The molecule has 5 nitrogen and oxygen atoms in total. The molecule has 6 heteroatoms. The number of nitrogens with one attached hydrogen (secondary N) is 2. The van der Waals surface area contributed by atoms with Crippen LogP contribution in [0.1, 0.15) is 31.1 Å². The van der Waals surface area contributed by atoms with E-state index in [1.54, 1.807) is 13.2 Å². The third-order valence-corrected chi connectivity index (χ3v) is 4.29.